The van der Waals surface area contributed by atoms with Crippen molar-refractivity contribution < 1.29 is 13.5 Å². The van der Waals surface area contributed by atoms with Crippen LogP contribution in [0.3, 0.4) is 0 Å². The van der Waals surface area contributed by atoms with Crippen LogP contribution < -0.4 is 0 Å². The molecule has 18 heavy (non-hydrogen) atoms. The van der Waals surface area contributed by atoms with E-state index in [0.29, 0.717) is 18.0 Å². The lowest BCUT2D eigenvalue weighted by Gasteiger charge is -2.30. The maximum atomic E-state index is 12.3. The van der Waals surface area contributed by atoms with Gasteiger partial charge in [-0.2, -0.15) is 4.31 Å². The summed E-state index contributed by atoms with van der Waals surface area (Å²) in [6.07, 6.45) is 1.46. The number of sulfonamides is 1. The first-order valence-corrected chi connectivity index (χ1v) is 8.14. The van der Waals surface area contributed by atoms with Gasteiger partial charge in [-0.05, 0) is 43.0 Å². The van der Waals surface area contributed by atoms with Gasteiger partial charge in [0.05, 0.1) is 4.90 Å². The van der Waals surface area contributed by atoms with E-state index in [1.807, 2.05) is 0 Å². The predicted molar refractivity (Wildman–Crippen MR) is 72.7 cm³/mol. The van der Waals surface area contributed by atoms with E-state index in [-0.39, 0.29) is 12.5 Å². The molecule has 1 aromatic rings. The quantitative estimate of drug-likeness (QED) is 0.918. The van der Waals surface area contributed by atoms with E-state index in [1.165, 1.54) is 4.31 Å². The largest absolute Gasteiger partial charge is 0.396 e. The van der Waals surface area contributed by atoms with E-state index in [4.69, 9.17) is 5.11 Å². The second-order valence-electron chi connectivity index (χ2n) is 4.48. The average Bonchev–Trinajstić information content (AvgIpc) is 2.39. The average molecular weight is 334 g/mol. The first-order valence-electron chi connectivity index (χ1n) is 5.90. The smallest absolute Gasteiger partial charge is 0.243 e. The Balaban J connectivity index is 2.15. The van der Waals surface area contributed by atoms with Crippen LogP contribution >= 0.6 is 15.9 Å². The highest BCUT2D eigenvalue weighted by Crippen LogP contribution is 2.24. The summed E-state index contributed by atoms with van der Waals surface area (Å²) in [7, 11) is -3.38. The van der Waals surface area contributed by atoms with Crippen LogP contribution in [0.15, 0.2) is 33.6 Å². The Morgan fingerprint density at radius 3 is 2.28 bits per heavy atom. The van der Waals surface area contributed by atoms with Crippen molar-refractivity contribution in [2.45, 2.75) is 17.7 Å². The molecule has 0 aliphatic carbocycles. The van der Waals surface area contributed by atoms with E-state index < -0.39 is 10.0 Å². The summed E-state index contributed by atoms with van der Waals surface area (Å²) in [4.78, 5) is 0.327. The molecule has 1 heterocycles. The van der Waals surface area contributed by atoms with Crippen LogP contribution in [0.1, 0.15) is 12.8 Å². The molecular weight excluding hydrogens is 318 g/mol. The number of hydrogen-bond donors (Lipinski definition) is 1. The first-order chi connectivity index (χ1) is 8.54. The second-order valence-corrected chi connectivity index (χ2v) is 7.34. The molecule has 0 amide bonds. The summed E-state index contributed by atoms with van der Waals surface area (Å²) in [6, 6.07) is 6.68. The van der Waals surface area contributed by atoms with E-state index in [0.717, 1.165) is 17.3 Å². The lowest BCUT2D eigenvalue weighted by atomic mass is 10.00. The number of aliphatic hydroxyl groups is 1. The molecule has 6 heteroatoms. The van der Waals surface area contributed by atoms with Crippen molar-refractivity contribution in [2.75, 3.05) is 19.7 Å². The number of rotatable bonds is 3. The Labute approximate surface area is 116 Å². The van der Waals surface area contributed by atoms with E-state index >= 15 is 0 Å². The predicted octanol–water partition coefficient (Wildman–Crippen LogP) is 1.84. The molecule has 1 aliphatic rings. The van der Waals surface area contributed by atoms with E-state index in [2.05, 4.69) is 15.9 Å². The number of piperidine rings is 1. The lowest BCUT2D eigenvalue weighted by Crippen LogP contribution is -2.39. The Hall–Kier alpha value is -0.430. The molecule has 0 bridgehead atoms. The molecule has 1 aromatic carbocycles. The number of benzene rings is 1. The van der Waals surface area contributed by atoms with Crippen LogP contribution in [0.25, 0.3) is 0 Å². The van der Waals surface area contributed by atoms with Crippen molar-refractivity contribution in [3.05, 3.63) is 28.7 Å². The molecule has 0 atom stereocenters. The highest BCUT2D eigenvalue weighted by molar-refractivity contribution is 9.10. The lowest BCUT2D eigenvalue weighted by molar-refractivity contribution is 0.170. The Kier molecular flexibility index (Phi) is 4.42. The summed E-state index contributed by atoms with van der Waals surface area (Å²) >= 11 is 3.29. The van der Waals surface area contributed by atoms with Crippen LogP contribution in [0.4, 0.5) is 0 Å². The molecule has 1 saturated heterocycles. The van der Waals surface area contributed by atoms with E-state index in [1.54, 1.807) is 24.3 Å². The molecular formula is C12H16BrNO3S. The van der Waals surface area contributed by atoms with Gasteiger partial charge in [-0.3, -0.25) is 0 Å². The minimum atomic E-state index is -3.38. The molecule has 0 unspecified atom stereocenters. The summed E-state index contributed by atoms with van der Waals surface area (Å²) in [6.45, 7) is 1.12. The molecule has 0 spiro atoms. The maximum absolute atomic E-state index is 12.3. The first kappa shape index (κ1) is 14.0. The summed E-state index contributed by atoms with van der Waals surface area (Å²) in [5.74, 6) is 0.237. The number of halogens is 1. The number of aliphatic hydroxyl groups excluding tert-OH is 1. The topological polar surface area (TPSA) is 57.6 Å². The zero-order valence-corrected chi connectivity index (χ0v) is 12.3. The van der Waals surface area contributed by atoms with E-state index in [9.17, 15) is 8.42 Å². The third-order valence-corrected chi connectivity index (χ3v) is 5.72. The molecule has 1 fully saturated rings. The van der Waals surface area contributed by atoms with Gasteiger partial charge in [-0.15, -0.1) is 0 Å². The third kappa shape index (κ3) is 2.93. The monoisotopic (exact) mass is 333 g/mol. The third-order valence-electron chi connectivity index (χ3n) is 3.28. The molecule has 0 saturated carbocycles. The van der Waals surface area contributed by atoms with Gasteiger partial charge in [-0.1, -0.05) is 15.9 Å². The van der Waals surface area contributed by atoms with Crippen LogP contribution in [0.2, 0.25) is 0 Å². The Morgan fingerprint density at radius 1 is 1.22 bits per heavy atom. The van der Waals surface area contributed by atoms with Crippen molar-refractivity contribution >= 4 is 26.0 Å². The minimum Gasteiger partial charge on any atom is -0.396 e. The van der Waals surface area contributed by atoms with Gasteiger partial charge < -0.3 is 5.11 Å². The van der Waals surface area contributed by atoms with Crippen LogP contribution in [0, 0.1) is 5.92 Å². The van der Waals surface area contributed by atoms with Crippen molar-refractivity contribution in [3.8, 4) is 0 Å². The molecule has 2 rings (SSSR count). The van der Waals surface area contributed by atoms with Crippen molar-refractivity contribution in [2.24, 2.45) is 5.92 Å². The van der Waals surface area contributed by atoms with Crippen LogP contribution in [0.5, 0.6) is 0 Å². The van der Waals surface area contributed by atoms with Gasteiger partial charge in [0, 0.05) is 24.2 Å². The van der Waals surface area contributed by atoms with Crippen molar-refractivity contribution in [3.63, 3.8) is 0 Å². The second kappa shape index (κ2) is 5.69. The molecule has 0 aromatic heterocycles. The maximum Gasteiger partial charge on any atom is 0.243 e. The zero-order valence-electron chi connectivity index (χ0n) is 9.92. The minimum absolute atomic E-state index is 0.145. The molecule has 100 valence electrons. The standard InChI is InChI=1S/C12H16BrNO3S/c13-11-1-3-12(4-2-11)18(16,17)14-7-5-10(9-15)6-8-14/h1-4,10,15H,5-9H2. The van der Waals surface area contributed by atoms with Crippen molar-refractivity contribution in [1.29, 1.82) is 0 Å². The normalized spacial score (nSPS) is 19.0. The molecule has 1 N–H and O–H groups in total. The summed E-state index contributed by atoms with van der Waals surface area (Å²) in [5.41, 5.74) is 0. The van der Waals surface area contributed by atoms with Crippen molar-refractivity contribution in [1.82, 2.24) is 4.31 Å². The van der Waals surface area contributed by atoms with Gasteiger partial charge in [0.2, 0.25) is 10.0 Å². The SMILES string of the molecule is O=S(=O)(c1ccc(Br)cc1)N1CCC(CO)CC1. The molecule has 1 aliphatic heterocycles. The highest BCUT2D eigenvalue weighted by atomic mass is 79.9. The fraction of sp³-hybridized carbons (Fsp3) is 0.500. The fourth-order valence-corrected chi connectivity index (χ4v) is 3.82. The van der Waals surface area contributed by atoms with Gasteiger partial charge in [0.15, 0.2) is 0 Å². The summed E-state index contributed by atoms with van der Waals surface area (Å²) < 4.78 is 27.0. The number of nitrogens with zero attached hydrogens (tertiary/aromatic N) is 1. The number of hydrogen-bond acceptors (Lipinski definition) is 3. The van der Waals surface area contributed by atoms with Gasteiger partial charge in [0.1, 0.15) is 0 Å². The van der Waals surface area contributed by atoms with Gasteiger partial charge in [0.25, 0.3) is 0 Å². The highest BCUT2D eigenvalue weighted by Gasteiger charge is 2.28. The molecule has 0 radical (unpaired) electrons. The Morgan fingerprint density at radius 2 is 1.78 bits per heavy atom. The zero-order chi connectivity index (χ0) is 13.2. The van der Waals surface area contributed by atoms with Crippen LogP contribution in [-0.2, 0) is 10.0 Å². The Bertz CT molecular complexity index is 493. The van der Waals surface area contributed by atoms with Gasteiger partial charge in [-0.25, -0.2) is 8.42 Å². The summed E-state index contributed by atoms with van der Waals surface area (Å²) in [5, 5.41) is 9.05. The molecule has 4 nitrogen and oxygen atoms in total. The van der Waals surface area contributed by atoms with Gasteiger partial charge >= 0.3 is 0 Å². The van der Waals surface area contributed by atoms with Crippen LogP contribution in [-0.4, -0.2) is 37.5 Å². The fourth-order valence-electron chi connectivity index (χ4n) is 2.09.